The van der Waals surface area contributed by atoms with Crippen LogP contribution in [0.25, 0.3) is 0 Å². The van der Waals surface area contributed by atoms with Crippen LogP contribution in [0.15, 0.2) is 13.5 Å². The molecule has 2 atom stereocenters. The SMILES string of the molecule is CO[P@]1(Cl)=N[P@@]2(=NP(Cl)(Cl)=N1)NCCCN2C. The Kier molecular flexibility index (Phi) is 4.44. The van der Waals surface area contributed by atoms with E-state index in [0.29, 0.717) is 0 Å². The molecule has 0 aromatic carbocycles. The molecule has 2 aliphatic heterocycles. The Hall–Kier alpha value is 1.44. The molecule has 0 aromatic heterocycles. The third-order valence-electron chi connectivity index (χ3n) is 2.38. The molecule has 17 heavy (non-hydrogen) atoms. The van der Waals surface area contributed by atoms with Gasteiger partial charge in [0.2, 0.25) is 7.51 Å². The van der Waals surface area contributed by atoms with Crippen LogP contribution in [-0.4, -0.2) is 31.9 Å². The highest BCUT2D eigenvalue weighted by Crippen LogP contribution is 2.83. The van der Waals surface area contributed by atoms with Crippen molar-refractivity contribution in [2.24, 2.45) is 13.5 Å². The van der Waals surface area contributed by atoms with Crippen LogP contribution in [0, 0.1) is 0 Å². The van der Waals surface area contributed by atoms with Gasteiger partial charge in [0.15, 0.2) is 0 Å². The predicted octanol–water partition coefficient (Wildman–Crippen LogP) is 5.13. The smallest absolute Gasteiger partial charge is 0.299 e. The highest BCUT2D eigenvalue weighted by molar-refractivity contribution is 8.15. The van der Waals surface area contributed by atoms with Gasteiger partial charge in [-0.25, -0.2) is 4.67 Å². The van der Waals surface area contributed by atoms with Crippen molar-refractivity contribution in [1.29, 1.82) is 0 Å². The second-order valence-corrected chi connectivity index (χ2v) is 14.8. The maximum absolute atomic E-state index is 6.25. The number of nitrogens with one attached hydrogen (secondary N) is 1. The Labute approximate surface area is 115 Å². The fourth-order valence-corrected chi connectivity index (χ4v) is 15.4. The summed E-state index contributed by atoms with van der Waals surface area (Å²) in [7, 11) is 1.08. The summed E-state index contributed by atoms with van der Waals surface area (Å²) in [5.74, 6) is -2.81. The van der Waals surface area contributed by atoms with E-state index in [1.54, 1.807) is 0 Å². The Morgan fingerprint density at radius 1 is 1.24 bits per heavy atom. The van der Waals surface area contributed by atoms with E-state index >= 15 is 0 Å². The second-order valence-electron chi connectivity index (χ2n) is 3.59. The molecule has 1 spiro atoms. The van der Waals surface area contributed by atoms with Crippen molar-refractivity contribution in [3.63, 3.8) is 0 Å². The molecule has 1 fully saturated rings. The highest BCUT2D eigenvalue weighted by atomic mass is 35.9. The lowest BCUT2D eigenvalue weighted by atomic mass is 10.4. The van der Waals surface area contributed by atoms with E-state index in [9.17, 15) is 0 Å². The van der Waals surface area contributed by atoms with Gasteiger partial charge in [-0.05, 0) is 47.2 Å². The minimum Gasteiger partial charge on any atom is -0.319 e. The van der Waals surface area contributed by atoms with Crippen molar-refractivity contribution >= 4 is 53.9 Å². The molecule has 0 aromatic rings. The normalized spacial score (nSPS) is 41.5. The molecule has 2 heterocycles. The summed E-state index contributed by atoms with van der Waals surface area (Å²) in [6.45, 7) is -1.08. The van der Waals surface area contributed by atoms with Gasteiger partial charge in [0.05, 0.1) is 0 Å². The summed E-state index contributed by atoms with van der Waals surface area (Å²) < 4.78 is 20.2. The van der Waals surface area contributed by atoms with Gasteiger partial charge in [-0.3, -0.25) is 5.09 Å². The van der Waals surface area contributed by atoms with Gasteiger partial charge in [0.25, 0.3) is 12.7 Å². The molecule has 1 N–H and O–H groups in total. The largest absolute Gasteiger partial charge is 0.319 e. The minimum atomic E-state index is -2.81. The molecule has 6 nitrogen and oxygen atoms in total. The summed E-state index contributed by atoms with van der Waals surface area (Å²) in [4.78, 5) is 0. The van der Waals surface area contributed by atoms with Gasteiger partial charge in [-0.1, -0.05) is 0 Å². The number of rotatable bonds is 1. The lowest BCUT2D eigenvalue weighted by Gasteiger charge is -2.37. The van der Waals surface area contributed by atoms with Gasteiger partial charge in [-0.2, -0.15) is 13.5 Å². The van der Waals surface area contributed by atoms with Crippen LogP contribution in [0.1, 0.15) is 6.42 Å². The van der Waals surface area contributed by atoms with E-state index in [4.69, 9.17) is 38.2 Å². The molecule has 0 aliphatic carbocycles. The minimum absolute atomic E-state index is 0.819. The molecule has 12 heteroatoms. The van der Waals surface area contributed by atoms with Crippen LogP contribution in [0.4, 0.5) is 0 Å². The van der Waals surface area contributed by atoms with Crippen molar-refractivity contribution in [2.75, 3.05) is 27.2 Å². The molecule has 2 aliphatic rings. The molecule has 0 bridgehead atoms. The number of halogens is 3. The van der Waals surface area contributed by atoms with Crippen LogP contribution < -0.4 is 5.09 Å². The molecule has 0 unspecified atom stereocenters. The molecule has 0 saturated carbocycles. The van der Waals surface area contributed by atoms with Gasteiger partial charge in [0, 0.05) is 20.2 Å². The van der Waals surface area contributed by atoms with Gasteiger partial charge >= 0.3 is 0 Å². The summed E-state index contributed by atoms with van der Waals surface area (Å²) in [6.07, 6.45) is 1.02. The molecule has 100 valence electrons. The second kappa shape index (κ2) is 5.09. The van der Waals surface area contributed by atoms with Gasteiger partial charge < -0.3 is 4.52 Å². The Balaban J connectivity index is 2.62. The summed E-state index contributed by atoms with van der Waals surface area (Å²) in [6, 6.07) is 0. The topological polar surface area (TPSA) is 61.6 Å². The molecule has 0 amide bonds. The lowest BCUT2D eigenvalue weighted by molar-refractivity contribution is 0.460. The summed E-state index contributed by atoms with van der Waals surface area (Å²) in [5, 5.41) is 3.30. The Morgan fingerprint density at radius 3 is 2.53 bits per heavy atom. The first-order chi connectivity index (χ1) is 7.81. The average Bonchev–Trinajstić information content (AvgIpc) is 2.20. The van der Waals surface area contributed by atoms with Crippen molar-refractivity contribution in [1.82, 2.24) is 9.76 Å². The first-order valence-electron chi connectivity index (χ1n) is 4.84. The first kappa shape index (κ1) is 14.8. The van der Waals surface area contributed by atoms with Gasteiger partial charge in [-0.15, -0.1) is 0 Å². The first-order valence-corrected chi connectivity index (χ1v) is 12.5. The zero-order valence-corrected chi connectivity index (χ0v) is 14.2. The van der Waals surface area contributed by atoms with Gasteiger partial charge in [0.1, 0.15) is 0 Å². The monoisotopic (exact) mass is 357 g/mol. The fourth-order valence-electron chi connectivity index (χ4n) is 1.56. The third kappa shape index (κ3) is 3.13. The molecule has 0 radical (unpaired) electrons. The number of hydrogen-bond acceptors (Lipinski definition) is 6. The molecule has 1 saturated heterocycles. The van der Waals surface area contributed by atoms with Crippen molar-refractivity contribution in [2.45, 2.75) is 6.42 Å². The molecular weight excluding hydrogens is 345 g/mol. The van der Waals surface area contributed by atoms with E-state index in [-0.39, 0.29) is 0 Å². The fraction of sp³-hybridized carbons (Fsp3) is 1.00. The van der Waals surface area contributed by atoms with Crippen LogP contribution in [0.3, 0.4) is 0 Å². The average molecular weight is 358 g/mol. The quantitative estimate of drug-likeness (QED) is 0.661. The van der Waals surface area contributed by atoms with Crippen molar-refractivity contribution < 1.29 is 4.52 Å². The Bertz CT molecular complexity index is 487. The van der Waals surface area contributed by atoms with E-state index in [0.717, 1.165) is 19.5 Å². The maximum atomic E-state index is 6.25. The summed E-state index contributed by atoms with van der Waals surface area (Å²) >= 11 is 18.5. The predicted molar refractivity (Wildman–Crippen MR) is 77.9 cm³/mol. The van der Waals surface area contributed by atoms with E-state index < -0.39 is 20.2 Å². The molecule has 2 rings (SSSR count). The zero-order chi connectivity index (χ0) is 12.7. The van der Waals surface area contributed by atoms with Crippen molar-refractivity contribution in [3.05, 3.63) is 0 Å². The van der Waals surface area contributed by atoms with Crippen LogP contribution in [-0.2, 0) is 4.52 Å². The third-order valence-corrected chi connectivity index (χ3v) is 14.2. The van der Waals surface area contributed by atoms with Crippen LogP contribution in [0.2, 0.25) is 0 Å². The number of hydrogen-bond donors (Lipinski definition) is 1. The van der Waals surface area contributed by atoms with Crippen molar-refractivity contribution in [3.8, 4) is 0 Å². The Morgan fingerprint density at radius 2 is 1.94 bits per heavy atom. The zero-order valence-electron chi connectivity index (χ0n) is 9.29. The van der Waals surface area contributed by atoms with E-state index in [2.05, 4.69) is 18.6 Å². The summed E-state index contributed by atoms with van der Waals surface area (Å²) in [5.41, 5.74) is 0. The van der Waals surface area contributed by atoms with Crippen LogP contribution >= 0.6 is 53.9 Å². The lowest BCUT2D eigenvalue weighted by Crippen LogP contribution is -2.32. The van der Waals surface area contributed by atoms with E-state index in [1.165, 1.54) is 7.11 Å². The maximum Gasteiger partial charge on any atom is 0.299 e. The standard InChI is InChI=1S/C5H13Cl3N5OP3/c1-13-5-3-4-9-17(13)11-15(6,7)10-16(8,12-17)14-2/h9H,3-5H2,1-2H3/t16-,17-/m0/s1. The van der Waals surface area contributed by atoms with E-state index in [1.807, 2.05) is 11.7 Å². The molecular formula is C5H13Cl3N5OP3. The number of nitrogens with zero attached hydrogens (tertiary/aromatic N) is 4. The van der Waals surface area contributed by atoms with Crippen LogP contribution in [0.5, 0.6) is 0 Å². The highest BCUT2D eigenvalue weighted by Gasteiger charge is 2.38.